The van der Waals surface area contributed by atoms with Crippen molar-refractivity contribution in [2.75, 3.05) is 18.1 Å². The van der Waals surface area contributed by atoms with Crippen LogP contribution in [0.15, 0.2) is 24.3 Å². The summed E-state index contributed by atoms with van der Waals surface area (Å²) >= 11 is 0. The van der Waals surface area contributed by atoms with Gasteiger partial charge in [0.05, 0.1) is 17.1 Å². The molecular weight excluding hydrogens is 355 g/mol. The van der Waals surface area contributed by atoms with Gasteiger partial charge in [0.15, 0.2) is 9.84 Å². The van der Waals surface area contributed by atoms with Gasteiger partial charge in [0, 0.05) is 18.5 Å². The number of alkyl halides is 3. The first-order valence-electron chi connectivity index (χ1n) is 8.31. The van der Waals surface area contributed by atoms with Crippen LogP contribution in [0, 0.1) is 5.92 Å². The van der Waals surface area contributed by atoms with Crippen molar-refractivity contribution in [3.63, 3.8) is 0 Å². The molecule has 8 heteroatoms. The molecule has 138 valence electrons. The van der Waals surface area contributed by atoms with Crippen molar-refractivity contribution >= 4 is 15.7 Å². The highest BCUT2D eigenvalue weighted by molar-refractivity contribution is 7.91. The molecule has 25 heavy (non-hydrogen) atoms. The van der Waals surface area contributed by atoms with Gasteiger partial charge in [-0.3, -0.25) is 4.79 Å². The first-order valence-corrected chi connectivity index (χ1v) is 10.1. The molecule has 0 radical (unpaired) electrons. The van der Waals surface area contributed by atoms with Gasteiger partial charge in [0.1, 0.15) is 0 Å². The average Bonchev–Trinajstić information content (AvgIpc) is 3.25. The van der Waals surface area contributed by atoms with Crippen LogP contribution in [0.4, 0.5) is 13.2 Å². The summed E-state index contributed by atoms with van der Waals surface area (Å²) in [5.74, 6) is -1.16. The highest BCUT2D eigenvalue weighted by Crippen LogP contribution is 2.52. The molecule has 1 aromatic rings. The van der Waals surface area contributed by atoms with E-state index in [1.807, 2.05) is 0 Å². The van der Waals surface area contributed by atoms with E-state index in [0.29, 0.717) is 19.4 Å². The van der Waals surface area contributed by atoms with Crippen molar-refractivity contribution in [2.45, 2.75) is 37.9 Å². The topological polar surface area (TPSA) is 54.5 Å². The van der Waals surface area contributed by atoms with Crippen LogP contribution in [-0.2, 0) is 20.8 Å². The van der Waals surface area contributed by atoms with Gasteiger partial charge in [-0.2, -0.15) is 13.2 Å². The minimum Gasteiger partial charge on any atom is -0.339 e. The number of carbonyl (C=O) groups excluding carboxylic acids is 1. The number of nitrogens with zero attached hydrogens (tertiary/aromatic N) is 1. The second-order valence-corrected chi connectivity index (χ2v) is 8.94. The molecule has 0 unspecified atom stereocenters. The van der Waals surface area contributed by atoms with Crippen LogP contribution in [0.2, 0.25) is 0 Å². The number of rotatable bonds is 4. The zero-order valence-electron chi connectivity index (χ0n) is 13.8. The summed E-state index contributed by atoms with van der Waals surface area (Å²) in [6.07, 6.45) is -3.67. The predicted octanol–water partition coefficient (Wildman–Crippen LogP) is 2.84. The first-order chi connectivity index (χ1) is 11.6. The van der Waals surface area contributed by atoms with Gasteiger partial charge in [-0.15, -0.1) is 0 Å². The summed E-state index contributed by atoms with van der Waals surface area (Å²) < 4.78 is 62.8. The third kappa shape index (κ3) is 3.68. The molecule has 1 amide bonds. The molecule has 2 aliphatic rings. The molecule has 3 atom stereocenters. The Balaban J connectivity index is 1.76. The van der Waals surface area contributed by atoms with Crippen molar-refractivity contribution < 1.29 is 26.4 Å². The molecular formula is C17H20F3NO3S. The standard InChI is InChI=1S/C17H20F3NO3S/c1-2-21(11-7-8-25(23,24)10-11)16(22)14-9-13(14)12-5-3-4-6-15(12)17(18,19)20/h3-6,11,13-14H,2,7-10H2,1H3/t11-,13-,14-/m1/s1. The number of hydrogen-bond acceptors (Lipinski definition) is 3. The highest BCUT2D eigenvalue weighted by Gasteiger charge is 2.50. The van der Waals surface area contributed by atoms with Crippen LogP contribution in [0.5, 0.6) is 0 Å². The smallest absolute Gasteiger partial charge is 0.339 e. The van der Waals surface area contributed by atoms with Gasteiger partial charge in [-0.05, 0) is 37.3 Å². The maximum absolute atomic E-state index is 13.2. The predicted molar refractivity (Wildman–Crippen MR) is 86.7 cm³/mol. The maximum atomic E-state index is 13.2. The summed E-state index contributed by atoms with van der Waals surface area (Å²) in [5.41, 5.74) is -0.537. The summed E-state index contributed by atoms with van der Waals surface area (Å²) in [6, 6.07) is 4.99. The van der Waals surface area contributed by atoms with Crippen molar-refractivity contribution in [3.05, 3.63) is 35.4 Å². The van der Waals surface area contributed by atoms with E-state index < -0.39 is 33.4 Å². The van der Waals surface area contributed by atoms with Crippen LogP contribution in [-0.4, -0.2) is 43.3 Å². The molecule has 1 aromatic carbocycles. The molecule has 1 heterocycles. The third-order valence-electron chi connectivity index (χ3n) is 5.05. The number of sulfone groups is 1. The van der Waals surface area contributed by atoms with E-state index in [0.717, 1.165) is 6.07 Å². The minimum atomic E-state index is -4.45. The summed E-state index contributed by atoms with van der Waals surface area (Å²) in [7, 11) is -3.12. The van der Waals surface area contributed by atoms with Crippen LogP contribution in [0.25, 0.3) is 0 Å². The lowest BCUT2D eigenvalue weighted by Gasteiger charge is -2.27. The molecule has 0 N–H and O–H groups in total. The fraction of sp³-hybridized carbons (Fsp3) is 0.588. The fourth-order valence-electron chi connectivity index (χ4n) is 3.72. The molecule has 1 aliphatic carbocycles. The van der Waals surface area contributed by atoms with E-state index in [1.54, 1.807) is 13.0 Å². The Kier molecular flexibility index (Phi) is 4.59. The van der Waals surface area contributed by atoms with Gasteiger partial charge < -0.3 is 4.90 Å². The Bertz CT molecular complexity index is 776. The molecule has 0 aromatic heterocycles. The average molecular weight is 375 g/mol. The Labute approximate surface area is 144 Å². The lowest BCUT2D eigenvalue weighted by atomic mass is 10.0. The van der Waals surface area contributed by atoms with Crippen molar-refractivity contribution in [1.29, 1.82) is 0 Å². The zero-order chi connectivity index (χ0) is 18.4. The van der Waals surface area contributed by atoms with Crippen LogP contribution in [0.1, 0.15) is 36.8 Å². The molecule has 1 aliphatic heterocycles. The summed E-state index contributed by atoms with van der Waals surface area (Å²) in [6.45, 7) is 2.13. The molecule has 2 fully saturated rings. The maximum Gasteiger partial charge on any atom is 0.416 e. The number of carbonyl (C=O) groups is 1. The zero-order valence-corrected chi connectivity index (χ0v) is 14.6. The Hall–Kier alpha value is -1.57. The van der Waals surface area contributed by atoms with E-state index in [-0.39, 0.29) is 29.0 Å². The SMILES string of the molecule is CCN(C(=O)[C@@H]1C[C@@H]1c1ccccc1C(F)(F)F)[C@@H]1CCS(=O)(=O)C1. The second-order valence-electron chi connectivity index (χ2n) is 6.71. The van der Waals surface area contributed by atoms with E-state index in [1.165, 1.54) is 17.0 Å². The van der Waals surface area contributed by atoms with Crippen LogP contribution in [0.3, 0.4) is 0 Å². The van der Waals surface area contributed by atoms with E-state index >= 15 is 0 Å². The monoisotopic (exact) mass is 375 g/mol. The minimum absolute atomic E-state index is 0.0525. The number of hydrogen-bond donors (Lipinski definition) is 0. The van der Waals surface area contributed by atoms with Crippen molar-refractivity contribution in [1.82, 2.24) is 4.90 Å². The van der Waals surface area contributed by atoms with Crippen LogP contribution < -0.4 is 0 Å². The third-order valence-corrected chi connectivity index (χ3v) is 6.80. The molecule has 4 nitrogen and oxygen atoms in total. The quantitative estimate of drug-likeness (QED) is 0.813. The van der Waals surface area contributed by atoms with Gasteiger partial charge in [0.25, 0.3) is 0 Å². The Morgan fingerprint density at radius 3 is 2.52 bits per heavy atom. The van der Waals surface area contributed by atoms with E-state index in [9.17, 15) is 26.4 Å². The molecule has 0 bridgehead atoms. The van der Waals surface area contributed by atoms with Gasteiger partial charge in [-0.25, -0.2) is 8.42 Å². The lowest BCUT2D eigenvalue weighted by Crippen LogP contribution is -2.42. The molecule has 3 rings (SSSR count). The number of benzene rings is 1. The van der Waals surface area contributed by atoms with E-state index in [2.05, 4.69) is 0 Å². The van der Waals surface area contributed by atoms with E-state index in [4.69, 9.17) is 0 Å². The molecule has 1 saturated heterocycles. The molecule has 0 spiro atoms. The lowest BCUT2D eigenvalue weighted by molar-refractivity contribution is -0.139. The first kappa shape index (κ1) is 18.2. The normalized spacial score (nSPS) is 27.9. The molecule has 1 saturated carbocycles. The van der Waals surface area contributed by atoms with Crippen molar-refractivity contribution in [3.8, 4) is 0 Å². The Morgan fingerprint density at radius 2 is 1.96 bits per heavy atom. The highest BCUT2D eigenvalue weighted by atomic mass is 32.2. The number of amides is 1. The van der Waals surface area contributed by atoms with Crippen LogP contribution >= 0.6 is 0 Å². The second kappa shape index (κ2) is 6.30. The van der Waals surface area contributed by atoms with Gasteiger partial charge >= 0.3 is 6.18 Å². The summed E-state index contributed by atoms with van der Waals surface area (Å²) in [5, 5.41) is 0. The Morgan fingerprint density at radius 1 is 1.28 bits per heavy atom. The van der Waals surface area contributed by atoms with Gasteiger partial charge in [-0.1, -0.05) is 18.2 Å². The van der Waals surface area contributed by atoms with Gasteiger partial charge in [0.2, 0.25) is 5.91 Å². The number of halogens is 3. The van der Waals surface area contributed by atoms with Crippen molar-refractivity contribution in [2.24, 2.45) is 5.92 Å². The largest absolute Gasteiger partial charge is 0.416 e. The fourth-order valence-corrected chi connectivity index (χ4v) is 5.45. The summed E-state index contributed by atoms with van der Waals surface area (Å²) in [4.78, 5) is 14.3.